The molecule has 2 aromatic rings. The van der Waals surface area contributed by atoms with Crippen LogP contribution in [0, 0.1) is 0 Å². The zero-order valence-electron chi connectivity index (χ0n) is 13.3. The van der Waals surface area contributed by atoms with Crippen molar-refractivity contribution in [2.45, 2.75) is 19.0 Å². The topological polar surface area (TPSA) is 34.0 Å². The number of hydrogen-bond donors (Lipinski definition) is 0. The Morgan fingerprint density at radius 1 is 1.40 bits per heavy atom. The molecule has 2 heterocycles. The van der Waals surface area contributed by atoms with Gasteiger partial charge in [-0.25, -0.2) is 4.68 Å². The van der Waals surface area contributed by atoms with Gasteiger partial charge >= 0.3 is 6.18 Å². The summed E-state index contributed by atoms with van der Waals surface area (Å²) in [5.74, 6) is 0.559. The molecule has 2 rings (SSSR count). The Hall–Kier alpha value is -1.32. The van der Waals surface area contributed by atoms with Crippen LogP contribution in [0.4, 0.5) is 18.9 Å². The first-order valence-electron chi connectivity index (χ1n) is 7.34. The number of aromatic nitrogens is 3. The predicted molar refractivity (Wildman–Crippen MR) is 100.0 cm³/mol. The van der Waals surface area contributed by atoms with Crippen molar-refractivity contribution in [3.8, 4) is 5.69 Å². The van der Waals surface area contributed by atoms with Crippen molar-refractivity contribution in [2.24, 2.45) is 0 Å². The fraction of sp³-hybridized carbons (Fsp3) is 0.400. The van der Waals surface area contributed by atoms with Crippen molar-refractivity contribution < 1.29 is 13.2 Å². The highest BCUT2D eigenvalue weighted by Crippen LogP contribution is 2.26. The summed E-state index contributed by atoms with van der Waals surface area (Å²) in [7, 11) is 1.76. The smallest absolute Gasteiger partial charge is 0.335 e. The minimum Gasteiger partial charge on any atom is -0.335 e. The van der Waals surface area contributed by atoms with Gasteiger partial charge in [-0.3, -0.25) is 4.98 Å². The molecular weight excluding hydrogens is 393 g/mol. The van der Waals surface area contributed by atoms with Gasteiger partial charge < -0.3 is 4.90 Å². The lowest BCUT2D eigenvalue weighted by Gasteiger charge is -2.18. The molecular formula is C15H16ClF3N4S2. The molecule has 10 heteroatoms. The summed E-state index contributed by atoms with van der Waals surface area (Å²) in [5.41, 5.74) is 1.40. The standard InChI is InChI=1S/C15H16ClF3N4S2/c1-22(13(24)4-7-25-8-5-15(17,18)19)12-10-23(21-14(12)16)11-3-2-6-20-9-11/h2-3,6,9-10H,4-5,7-8H2,1H3. The molecule has 4 nitrogen and oxygen atoms in total. The molecule has 0 spiro atoms. The van der Waals surface area contributed by atoms with Gasteiger partial charge in [-0.2, -0.15) is 30.0 Å². The number of rotatable bonds is 7. The third-order valence-corrected chi connectivity index (χ3v) is 5.02. The Bertz CT molecular complexity index is 707. The quantitative estimate of drug-likeness (QED) is 0.487. The molecule has 0 saturated carbocycles. The Balaban J connectivity index is 1.90. The van der Waals surface area contributed by atoms with Crippen LogP contribution in [-0.2, 0) is 0 Å². The van der Waals surface area contributed by atoms with Crippen molar-refractivity contribution in [3.05, 3.63) is 35.9 Å². The molecule has 0 aliphatic rings. The van der Waals surface area contributed by atoms with E-state index in [2.05, 4.69) is 10.1 Å². The van der Waals surface area contributed by atoms with Crippen molar-refractivity contribution in [3.63, 3.8) is 0 Å². The van der Waals surface area contributed by atoms with E-state index >= 15 is 0 Å². The minimum atomic E-state index is -4.11. The second kappa shape index (κ2) is 8.86. The summed E-state index contributed by atoms with van der Waals surface area (Å²) in [4.78, 5) is 6.34. The zero-order chi connectivity index (χ0) is 18.4. The molecule has 0 N–H and O–H groups in total. The molecule has 0 fully saturated rings. The number of nitrogens with zero attached hydrogens (tertiary/aromatic N) is 4. The van der Waals surface area contributed by atoms with E-state index < -0.39 is 12.6 Å². The third-order valence-electron chi connectivity index (χ3n) is 3.29. The number of thioether (sulfide) groups is 1. The molecule has 0 amide bonds. The Morgan fingerprint density at radius 3 is 2.80 bits per heavy atom. The molecule has 136 valence electrons. The monoisotopic (exact) mass is 408 g/mol. The van der Waals surface area contributed by atoms with E-state index in [9.17, 15) is 13.2 Å². The van der Waals surface area contributed by atoms with Crippen LogP contribution in [0.15, 0.2) is 30.7 Å². The minimum absolute atomic E-state index is 0.0372. The molecule has 0 radical (unpaired) electrons. The van der Waals surface area contributed by atoms with Gasteiger partial charge in [-0.1, -0.05) is 23.8 Å². The third kappa shape index (κ3) is 6.16. The van der Waals surface area contributed by atoms with Crippen LogP contribution in [0.25, 0.3) is 5.69 Å². The first-order valence-corrected chi connectivity index (χ1v) is 9.28. The summed E-state index contributed by atoms with van der Waals surface area (Å²) in [6.45, 7) is 0. The van der Waals surface area contributed by atoms with E-state index in [1.165, 1.54) is 11.8 Å². The summed E-state index contributed by atoms with van der Waals surface area (Å²) in [6, 6.07) is 3.63. The summed E-state index contributed by atoms with van der Waals surface area (Å²) >= 11 is 12.8. The summed E-state index contributed by atoms with van der Waals surface area (Å²) in [6.07, 6.45) is 0.643. The van der Waals surface area contributed by atoms with E-state index in [0.29, 0.717) is 28.0 Å². The Labute approximate surface area is 158 Å². The summed E-state index contributed by atoms with van der Waals surface area (Å²) < 4.78 is 37.9. The van der Waals surface area contributed by atoms with Gasteiger partial charge in [0.2, 0.25) is 0 Å². The maximum atomic E-state index is 12.1. The van der Waals surface area contributed by atoms with E-state index in [1.807, 2.05) is 6.07 Å². The van der Waals surface area contributed by atoms with Crippen LogP contribution >= 0.6 is 35.6 Å². The number of halogens is 4. The van der Waals surface area contributed by atoms with Crippen molar-refractivity contribution in [1.82, 2.24) is 14.8 Å². The molecule has 0 atom stereocenters. The van der Waals surface area contributed by atoms with E-state index in [-0.39, 0.29) is 5.75 Å². The SMILES string of the molecule is CN(C(=S)CCSCCC(F)(F)F)c1cn(-c2cccnc2)nc1Cl. The molecule has 25 heavy (non-hydrogen) atoms. The zero-order valence-corrected chi connectivity index (χ0v) is 15.7. The van der Waals surface area contributed by atoms with Crippen LogP contribution < -0.4 is 4.90 Å². The number of alkyl halides is 3. The van der Waals surface area contributed by atoms with Gasteiger partial charge in [0, 0.05) is 25.4 Å². The lowest BCUT2D eigenvalue weighted by Crippen LogP contribution is -2.24. The van der Waals surface area contributed by atoms with Gasteiger partial charge in [0.05, 0.1) is 35.2 Å². The highest BCUT2D eigenvalue weighted by atomic mass is 35.5. The van der Waals surface area contributed by atoms with Crippen LogP contribution in [0.1, 0.15) is 12.8 Å². The summed E-state index contributed by atoms with van der Waals surface area (Å²) in [5, 5.41) is 4.52. The molecule has 0 aliphatic carbocycles. The number of pyridine rings is 1. The maximum absolute atomic E-state index is 12.1. The molecule has 0 aromatic carbocycles. The average molecular weight is 409 g/mol. The number of hydrogen-bond acceptors (Lipinski definition) is 4. The van der Waals surface area contributed by atoms with E-state index in [4.69, 9.17) is 23.8 Å². The van der Waals surface area contributed by atoms with Gasteiger partial charge in [0.15, 0.2) is 5.15 Å². The predicted octanol–water partition coefficient (Wildman–Crippen LogP) is 4.76. The largest absolute Gasteiger partial charge is 0.389 e. The van der Waals surface area contributed by atoms with Gasteiger partial charge in [-0.15, -0.1) is 0 Å². The number of anilines is 1. The fourth-order valence-corrected chi connectivity index (χ4v) is 3.45. The van der Waals surface area contributed by atoms with E-state index in [1.54, 1.807) is 41.3 Å². The van der Waals surface area contributed by atoms with Crippen LogP contribution in [0.5, 0.6) is 0 Å². The second-order valence-electron chi connectivity index (χ2n) is 5.14. The molecule has 0 saturated heterocycles. The van der Waals surface area contributed by atoms with Crippen molar-refractivity contribution in [1.29, 1.82) is 0 Å². The van der Waals surface area contributed by atoms with Gasteiger partial charge in [0.25, 0.3) is 0 Å². The molecule has 0 unspecified atom stereocenters. The van der Waals surface area contributed by atoms with E-state index in [0.717, 1.165) is 5.69 Å². The van der Waals surface area contributed by atoms with Crippen molar-refractivity contribution in [2.75, 3.05) is 23.5 Å². The highest BCUT2D eigenvalue weighted by Gasteiger charge is 2.26. The molecule has 2 aromatic heterocycles. The lowest BCUT2D eigenvalue weighted by molar-refractivity contribution is -0.129. The van der Waals surface area contributed by atoms with Crippen molar-refractivity contribution >= 4 is 46.3 Å². The van der Waals surface area contributed by atoms with Gasteiger partial charge in [0.1, 0.15) is 0 Å². The normalized spacial score (nSPS) is 11.6. The lowest BCUT2D eigenvalue weighted by atomic mass is 10.4. The molecule has 0 bridgehead atoms. The van der Waals surface area contributed by atoms with Gasteiger partial charge in [-0.05, 0) is 17.9 Å². The Morgan fingerprint density at radius 2 is 2.16 bits per heavy atom. The van der Waals surface area contributed by atoms with Crippen LogP contribution in [0.3, 0.4) is 0 Å². The first kappa shape index (κ1) is 20.0. The Kier molecular flexibility index (Phi) is 7.09. The molecule has 0 aliphatic heterocycles. The number of thiocarbonyl (C=S) groups is 1. The fourth-order valence-electron chi connectivity index (χ4n) is 1.94. The maximum Gasteiger partial charge on any atom is 0.389 e. The average Bonchev–Trinajstić information content (AvgIpc) is 2.95. The van der Waals surface area contributed by atoms with Crippen LogP contribution in [-0.4, -0.2) is 44.5 Å². The van der Waals surface area contributed by atoms with Crippen LogP contribution in [0.2, 0.25) is 5.15 Å². The second-order valence-corrected chi connectivity index (χ2v) is 7.20. The highest BCUT2D eigenvalue weighted by molar-refractivity contribution is 7.99. The first-order chi connectivity index (χ1) is 11.8.